The van der Waals surface area contributed by atoms with Gasteiger partial charge in [-0.1, -0.05) is 24.3 Å². The molecule has 0 aromatic heterocycles. The van der Waals surface area contributed by atoms with Gasteiger partial charge in [-0.3, -0.25) is 15.4 Å². The number of rotatable bonds is 7. The maximum absolute atomic E-state index is 13.2. The van der Waals surface area contributed by atoms with Crippen molar-refractivity contribution >= 4 is 55.6 Å². The summed E-state index contributed by atoms with van der Waals surface area (Å²) in [5.74, 6) is -1.40. The number of amides is 1. The fourth-order valence-electron chi connectivity index (χ4n) is 5.47. The summed E-state index contributed by atoms with van der Waals surface area (Å²) < 4.78 is 31.9. The largest absolute Gasteiger partial charge is 1.00 e. The van der Waals surface area contributed by atoms with Gasteiger partial charge in [-0.25, -0.2) is 16.5 Å². The average Bonchev–Trinajstić information content (AvgIpc) is 3.34. The van der Waals surface area contributed by atoms with E-state index < -0.39 is 16.0 Å². The molecule has 6 rings (SSSR count). The second-order valence-electron chi connectivity index (χ2n) is 11.4. The normalized spacial score (nSPS) is 16.2. The van der Waals surface area contributed by atoms with Gasteiger partial charge in [0.2, 0.25) is 5.91 Å². The summed E-state index contributed by atoms with van der Waals surface area (Å²) in [7, 11) is -4.37. The predicted molar refractivity (Wildman–Crippen MR) is 182 cm³/mol. The van der Waals surface area contributed by atoms with Crippen molar-refractivity contribution in [2.45, 2.75) is 24.8 Å². The summed E-state index contributed by atoms with van der Waals surface area (Å²) in [6, 6.07) is 21.4. The monoisotopic (exact) mass is 790 g/mol. The van der Waals surface area contributed by atoms with Crippen molar-refractivity contribution in [2.75, 3.05) is 10.7 Å². The number of nitrogen functional groups attached to an aromatic ring is 1. The Morgan fingerprint density at radius 1 is 0.880 bits per heavy atom. The van der Waals surface area contributed by atoms with Gasteiger partial charge in [0, 0.05) is 45.9 Å². The number of azo groups is 1. The molecular weight excluding hydrogens is 762 g/mol. The van der Waals surface area contributed by atoms with Crippen LogP contribution in [0.4, 0.5) is 22.7 Å². The molecule has 0 spiro atoms. The number of hydrogen-bond acceptors (Lipinski definition) is 10. The third-order valence-electron chi connectivity index (χ3n) is 8.12. The van der Waals surface area contributed by atoms with E-state index in [0.29, 0.717) is 33.5 Å². The standard InChI is InChI=1S/C35H30N5O7S.2Cu/c1-19-3-13-28(36)33-26(19)12-15-30(34(33)43)38-37-29-14-5-22(18-32(29)42)21-6-16-31(41)23(17-21)4-11-27-20(2)39-40(35(27)44)24-7-9-25(10-8-24)48(45,46)47;;/h3-10,12-18,20,27,39,41-43H,36H2,1-2H3,(H,45,46,47);;/q-1;;+1. The van der Waals surface area contributed by atoms with Crippen molar-refractivity contribution in [3.8, 4) is 28.4 Å². The van der Waals surface area contributed by atoms with E-state index in [4.69, 9.17) is 5.73 Å². The van der Waals surface area contributed by atoms with Gasteiger partial charge in [-0.15, -0.1) is 21.9 Å². The van der Waals surface area contributed by atoms with Crippen molar-refractivity contribution < 1.29 is 67.2 Å². The van der Waals surface area contributed by atoms with E-state index in [0.717, 1.165) is 10.9 Å². The minimum absolute atomic E-state index is 0. The van der Waals surface area contributed by atoms with Crippen LogP contribution in [0.2, 0.25) is 0 Å². The molecule has 12 nitrogen and oxygen atoms in total. The number of nitrogens with one attached hydrogen (secondary N) is 1. The van der Waals surface area contributed by atoms with E-state index >= 15 is 0 Å². The number of hydrazine groups is 1. The molecule has 0 saturated carbocycles. The number of carbonyl (C=O) groups is 1. The van der Waals surface area contributed by atoms with E-state index in [-0.39, 0.29) is 79.6 Å². The fraction of sp³-hybridized carbons (Fsp3) is 0.114. The predicted octanol–water partition coefficient (Wildman–Crippen LogP) is 6.54. The van der Waals surface area contributed by atoms with Gasteiger partial charge < -0.3 is 21.1 Å². The Bertz CT molecular complexity index is 2270. The van der Waals surface area contributed by atoms with E-state index in [1.165, 1.54) is 47.5 Å². The maximum Gasteiger partial charge on any atom is 1.00 e. The van der Waals surface area contributed by atoms with Crippen LogP contribution < -0.4 is 16.2 Å². The zero-order valence-electron chi connectivity index (χ0n) is 26.3. The average molecular weight is 792 g/mol. The summed E-state index contributed by atoms with van der Waals surface area (Å²) in [4.78, 5) is 12.9. The van der Waals surface area contributed by atoms with Crippen LogP contribution >= 0.6 is 0 Å². The molecule has 5 aromatic rings. The number of nitrogens with two attached hydrogens (primary N) is 1. The van der Waals surface area contributed by atoms with Gasteiger partial charge >= 0.3 is 17.1 Å². The summed E-state index contributed by atoms with van der Waals surface area (Å²) in [5.41, 5.74) is 12.9. The molecule has 1 aliphatic heterocycles. The Morgan fingerprint density at radius 2 is 1.52 bits per heavy atom. The SMILES string of the molecule is Cc1ccc(N)c2c(O)c(N=Nc3ccc(-c4ccc(O)c(C=[C-]C5C(=O)N(c6ccc(S(=O)(=O)O)cc6)NC5C)c4)cc3O)ccc12.[Cu+].[Cu]. The number of nitrogens with zero attached hydrogens (tertiary/aromatic N) is 3. The first-order valence-corrected chi connectivity index (χ1v) is 16.1. The molecule has 1 aliphatic rings. The summed E-state index contributed by atoms with van der Waals surface area (Å²) in [6.07, 6.45) is 4.56. The Kier molecular flexibility index (Phi) is 11.5. The van der Waals surface area contributed by atoms with Gasteiger partial charge in [0.05, 0.1) is 10.6 Å². The van der Waals surface area contributed by atoms with Crippen LogP contribution in [-0.2, 0) is 49.1 Å². The van der Waals surface area contributed by atoms with Crippen molar-refractivity contribution in [1.82, 2.24) is 5.43 Å². The Morgan fingerprint density at radius 3 is 2.20 bits per heavy atom. The van der Waals surface area contributed by atoms with Crippen molar-refractivity contribution in [3.63, 3.8) is 0 Å². The number of aryl methyl sites for hydroxylation is 1. The maximum atomic E-state index is 13.2. The first-order chi connectivity index (χ1) is 22.8. The van der Waals surface area contributed by atoms with Crippen LogP contribution in [0, 0.1) is 18.9 Å². The third-order valence-corrected chi connectivity index (χ3v) is 8.98. The van der Waals surface area contributed by atoms with Crippen LogP contribution in [0.3, 0.4) is 0 Å². The number of hydrogen-bond donors (Lipinski definition) is 6. The van der Waals surface area contributed by atoms with E-state index in [1.807, 2.05) is 13.0 Å². The molecule has 1 radical (unpaired) electrons. The number of carbonyl (C=O) groups excluding carboxylic acids is 1. The van der Waals surface area contributed by atoms with Crippen molar-refractivity contribution in [1.29, 1.82) is 0 Å². The van der Waals surface area contributed by atoms with Crippen LogP contribution in [0.15, 0.2) is 100 Å². The molecule has 0 aliphatic carbocycles. The number of fused-ring (bicyclic) bond motifs is 1. The third kappa shape index (κ3) is 7.54. The van der Waals surface area contributed by atoms with E-state index in [1.54, 1.807) is 49.4 Å². The van der Waals surface area contributed by atoms with Gasteiger partial charge in [-0.05, 0) is 90.5 Å². The molecule has 1 saturated heterocycles. The number of aromatic hydroxyl groups is 3. The molecular formula is C35H30Cu2N5O7S. The molecule has 7 N–H and O–H groups in total. The smallest absolute Gasteiger partial charge is 0.526 e. The molecule has 50 heavy (non-hydrogen) atoms. The molecule has 2 atom stereocenters. The molecule has 0 bridgehead atoms. The van der Waals surface area contributed by atoms with Gasteiger partial charge in [0.1, 0.15) is 17.1 Å². The Labute approximate surface area is 309 Å². The van der Waals surface area contributed by atoms with E-state index in [9.17, 15) is 33.1 Å². The number of phenols is 3. The summed E-state index contributed by atoms with van der Waals surface area (Å²) >= 11 is 0. The number of benzene rings is 5. The molecule has 1 heterocycles. The first kappa shape index (κ1) is 38.1. The van der Waals surface area contributed by atoms with Crippen molar-refractivity contribution in [2.24, 2.45) is 16.1 Å². The minimum Gasteiger partial charge on any atom is -0.526 e. The quantitative estimate of drug-likeness (QED) is 0.0348. The summed E-state index contributed by atoms with van der Waals surface area (Å²) in [5, 5.41) is 42.9. The van der Waals surface area contributed by atoms with Gasteiger partial charge in [0.25, 0.3) is 10.1 Å². The van der Waals surface area contributed by atoms with Crippen molar-refractivity contribution in [3.05, 3.63) is 102 Å². The van der Waals surface area contributed by atoms with E-state index in [2.05, 4.69) is 21.7 Å². The molecule has 2 unspecified atom stereocenters. The second-order valence-corrected chi connectivity index (χ2v) is 12.8. The van der Waals surface area contributed by atoms with Gasteiger partial charge in [0.15, 0.2) is 5.75 Å². The molecule has 1 amide bonds. The number of phenolic OH excluding ortho intramolecular Hbond substituents is 3. The Hall–Kier alpha value is -4.72. The summed E-state index contributed by atoms with van der Waals surface area (Å²) in [6.45, 7) is 3.70. The molecule has 15 heteroatoms. The van der Waals surface area contributed by atoms with Gasteiger partial charge in [-0.2, -0.15) is 8.42 Å². The fourth-order valence-corrected chi connectivity index (χ4v) is 5.95. The zero-order valence-corrected chi connectivity index (χ0v) is 29.0. The van der Waals surface area contributed by atoms with Crippen LogP contribution in [0.5, 0.6) is 17.2 Å². The van der Waals surface area contributed by atoms with Crippen LogP contribution in [-0.4, -0.2) is 40.2 Å². The zero-order chi connectivity index (χ0) is 34.3. The first-order valence-electron chi connectivity index (χ1n) is 14.7. The molecule has 5 aromatic carbocycles. The number of anilines is 2. The molecule has 265 valence electrons. The second kappa shape index (κ2) is 15.0. The van der Waals surface area contributed by atoms with Crippen LogP contribution in [0.1, 0.15) is 18.1 Å². The topological polar surface area (TPSA) is 198 Å². The molecule has 1 fully saturated rings. The Balaban J connectivity index is 0.00000281. The minimum atomic E-state index is -4.37. The van der Waals surface area contributed by atoms with Crippen LogP contribution in [0.25, 0.3) is 28.0 Å².